The zero-order chi connectivity index (χ0) is 32.0. The summed E-state index contributed by atoms with van der Waals surface area (Å²) in [5.41, 5.74) is 13.7. The average molecular weight is 617 g/mol. The van der Waals surface area contributed by atoms with Crippen LogP contribution in [-0.2, 0) is 5.41 Å². The Kier molecular flexibility index (Phi) is 5.63. The van der Waals surface area contributed by atoms with Crippen LogP contribution >= 0.6 is 0 Å². The highest BCUT2D eigenvalue weighted by Gasteiger charge is 2.36. The molecule has 3 nitrogen and oxygen atoms in total. The second-order valence-corrected chi connectivity index (χ2v) is 13.4. The van der Waals surface area contributed by atoms with Gasteiger partial charge < -0.3 is 13.9 Å². The van der Waals surface area contributed by atoms with Gasteiger partial charge in [0.25, 0.3) is 0 Å². The fourth-order valence-electron chi connectivity index (χ4n) is 8.16. The summed E-state index contributed by atoms with van der Waals surface area (Å²) in [5.74, 6) is 0. The van der Waals surface area contributed by atoms with Gasteiger partial charge in [0, 0.05) is 44.0 Å². The number of fused-ring (bicyclic) bond motifs is 10. The average Bonchev–Trinajstić information content (AvgIpc) is 3.76. The molecule has 10 rings (SSSR count). The Morgan fingerprint density at radius 1 is 0.542 bits per heavy atom. The topological polar surface area (TPSA) is 21.3 Å². The summed E-state index contributed by atoms with van der Waals surface area (Å²) in [6, 6.07) is 56.8. The normalized spacial score (nSPS) is 13.4. The zero-order valence-electron chi connectivity index (χ0n) is 26.8. The molecule has 0 saturated carbocycles. The van der Waals surface area contributed by atoms with Crippen molar-refractivity contribution in [2.45, 2.75) is 19.3 Å². The van der Waals surface area contributed by atoms with Crippen LogP contribution in [-0.4, -0.2) is 4.57 Å². The molecule has 1 aliphatic carbocycles. The number of nitrogens with zero attached hydrogens (tertiary/aromatic N) is 2. The quantitative estimate of drug-likeness (QED) is 0.196. The molecule has 0 aliphatic heterocycles. The van der Waals surface area contributed by atoms with Gasteiger partial charge in [-0.15, -0.1) is 0 Å². The largest absolute Gasteiger partial charge is 0.454 e. The summed E-state index contributed by atoms with van der Waals surface area (Å²) >= 11 is 0. The van der Waals surface area contributed by atoms with E-state index >= 15 is 0 Å². The number of hydrogen-bond donors (Lipinski definition) is 0. The maximum absolute atomic E-state index is 6.79. The molecule has 0 radical (unpaired) electrons. The molecule has 48 heavy (non-hydrogen) atoms. The van der Waals surface area contributed by atoms with E-state index < -0.39 is 0 Å². The molecule has 0 spiro atoms. The lowest BCUT2D eigenvalue weighted by molar-refractivity contribution is 0.660. The number of anilines is 3. The fraction of sp³-hybridized carbons (Fsp3) is 0.0667. The van der Waals surface area contributed by atoms with Gasteiger partial charge in [-0.3, -0.25) is 0 Å². The Balaban J connectivity index is 1.36. The van der Waals surface area contributed by atoms with Crippen molar-refractivity contribution in [3.8, 4) is 16.8 Å². The number of benzene rings is 7. The molecule has 0 bridgehead atoms. The maximum Gasteiger partial charge on any atom is 0.160 e. The second kappa shape index (κ2) is 9.97. The number of para-hydroxylation sites is 4. The molecule has 2 heterocycles. The summed E-state index contributed by atoms with van der Waals surface area (Å²) in [6.45, 7) is 4.70. The van der Waals surface area contributed by atoms with Crippen LogP contribution in [0, 0.1) is 0 Å². The van der Waals surface area contributed by atoms with Gasteiger partial charge in [-0.25, -0.2) is 0 Å². The molecule has 3 heteroatoms. The number of furan rings is 1. The third-order valence-corrected chi connectivity index (χ3v) is 10.4. The Hall–Kier alpha value is -6.06. The summed E-state index contributed by atoms with van der Waals surface area (Å²) in [7, 11) is 0. The van der Waals surface area contributed by atoms with Gasteiger partial charge in [-0.2, -0.15) is 0 Å². The van der Waals surface area contributed by atoms with Crippen LogP contribution in [0.4, 0.5) is 17.1 Å². The van der Waals surface area contributed by atoms with E-state index in [1.165, 1.54) is 27.6 Å². The predicted octanol–water partition coefficient (Wildman–Crippen LogP) is 12.5. The molecule has 228 valence electrons. The summed E-state index contributed by atoms with van der Waals surface area (Å²) in [6.07, 6.45) is 0. The van der Waals surface area contributed by atoms with Crippen molar-refractivity contribution >= 4 is 60.8 Å². The lowest BCUT2D eigenvalue weighted by Crippen LogP contribution is -2.16. The molecule has 0 fully saturated rings. The first-order chi connectivity index (χ1) is 23.6. The van der Waals surface area contributed by atoms with Crippen LogP contribution < -0.4 is 4.90 Å². The van der Waals surface area contributed by atoms with Gasteiger partial charge in [0.1, 0.15) is 5.58 Å². The van der Waals surface area contributed by atoms with E-state index in [0.29, 0.717) is 0 Å². The monoisotopic (exact) mass is 616 g/mol. The maximum atomic E-state index is 6.79. The molecule has 7 aromatic carbocycles. The molecule has 0 unspecified atom stereocenters. The minimum absolute atomic E-state index is 0.117. The molecule has 2 aromatic heterocycles. The van der Waals surface area contributed by atoms with Crippen LogP contribution in [0.15, 0.2) is 162 Å². The van der Waals surface area contributed by atoms with Crippen molar-refractivity contribution in [1.29, 1.82) is 0 Å². The molecule has 9 aromatic rings. The smallest absolute Gasteiger partial charge is 0.160 e. The molecule has 0 saturated heterocycles. The number of rotatable bonds is 4. The Morgan fingerprint density at radius 3 is 2.04 bits per heavy atom. The molecule has 1 aliphatic rings. The van der Waals surface area contributed by atoms with Crippen LogP contribution in [0.5, 0.6) is 0 Å². The van der Waals surface area contributed by atoms with Crippen molar-refractivity contribution in [2.75, 3.05) is 4.90 Å². The van der Waals surface area contributed by atoms with Crippen molar-refractivity contribution < 1.29 is 4.42 Å². The molecule has 0 amide bonds. The Labute approximate surface area is 278 Å². The van der Waals surface area contributed by atoms with Crippen molar-refractivity contribution in [2.24, 2.45) is 0 Å². The zero-order valence-corrected chi connectivity index (χ0v) is 26.8. The Bertz CT molecular complexity index is 2700. The van der Waals surface area contributed by atoms with E-state index in [0.717, 1.165) is 61.1 Å². The van der Waals surface area contributed by atoms with Crippen molar-refractivity contribution in [3.05, 3.63) is 169 Å². The number of aromatic nitrogens is 1. The SMILES string of the molecule is CC1(C)c2ccccc2-c2ccc(N(c3ccccc3)c3cc4c5ccccc5oc4c4c3c3ccccc3n4-c3ccccc3)cc21. The van der Waals surface area contributed by atoms with Gasteiger partial charge in [0.15, 0.2) is 5.58 Å². The third kappa shape index (κ3) is 3.70. The molecular formula is C45H32N2O. The van der Waals surface area contributed by atoms with Gasteiger partial charge in [0.05, 0.1) is 16.7 Å². The van der Waals surface area contributed by atoms with Crippen molar-refractivity contribution in [1.82, 2.24) is 4.57 Å². The summed E-state index contributed by atoms with van der Waals surface area (Å²) in [4.78, 5) is 2.45. The fourth-order valence-corrected chi connectivity index (χ4v) is 8.16. The Morgan fingerprint density at radius 2 is 1.21 bits per heavy atom. The first-order valence-corrected chi connectivity index (χ1v) is 16.6. The lowest BCUT2D eigenvalue weighted by atomic mass is 9.82. The van der Waals surface area contributed by atoms with E-state index in [4.69, 9.17) is 4.42 Å². The third-order valence-electron chi connectivity index (χ3n) is 10.4. The first kappa shape index (κ1) is 27.1. The summed E-state index contributed by atoms with van der Waals surface area (Å²) < 4.78 is 9.17. The second-order valence-electron chi connectivity index (χ2n) is 13.4. The minimum atomic E-state index is -0.117. The van der Waals surface area contributed by atoms with Crippen LogP contribution in [0.2, 0.25) is 0 Å². The lowest BCUT2D eigenvalue weighted by Gasteiger charge is -2.29. The highest BCUT2D eigenvalue weighted by molar-refractivity contribution is 6.26. The van der Waals surface area contributed by atoms with Gasteiger partial charge in [0.2, 0.25) is 0 Å². The van der Waals surface area contributed by atoms with Gasteiger partial charge in [-0.1, -0.05) is 117 Å². The summed E-state index contributed by atoms with van der Waals surface area (Å²) in [5, 5.41) is 4.55. The first-order valence-electron chi connectivity index (χ1n) is 16.6. The van der Waals surface area contributed by atoms with E-state index in [9.17, 15) is 0 Å². The van der Waals surface area contributed by atoms with Gasteiger partial charge in [-0.05, 0) is 76.9 Å². The predicted molar refractivity (Wildman–Crippen MR) is 200 cm³/mol. The van der Waals surface area contributed by atoms with E-state index in [2.05, 4.69) is 181 Å². The standard InChI is InChI=1S/C45H32N2O/c1-45(2)37-22-12-9-19-32(37)33-26-25-31(27-38(33)45)46(29-15-5-3-6-16-29)40-28-36-34-20-11-14-24-41(34)48-44(36)43-42(40)35-21-10-13-23-39(35)47(43)30-17-7-4-8-18-30/h3-28H,1-2H3. The highest BCUT2D eigenvalue weighted by Crippen LogP contribution is 2.52. The van der Waals surface area contributed by atoms with Crippen LogP contribution in [0.3, 0.4) is 0 Å². The molecule has 0 atom stereocenters. The molecule has 0 N–H and O–H groups in total. The van der Waals surface area contributed by atoms with E-state index in [-0.39, 0.29) is 5.41 Å². The van der Waals surface area contributed by atoms with Crippen LogP contribution in [0.25, 0.3) is 60.6 Å². The van der Waals surface area contributed by atoms with E-state index in [1.807, 2.05) is 0 Å². The van der Waals surface area contributed by atoms with E-state index in [1.54, 1.807) is 0 Å². The number of hydrogen-bond acceptors (Lipinski definition) is 2. The minimum Gasteiger partial charge on any atom is -0.454 e. The van der Waals surface area contributed by atoms with Gasteiger partial charge >= 0.3 is 0 Å². The van der Waals surface area contributed by atoms with Crippen LogP contribution in [0.1, 0.15) is 25.0 Å². The molecular weight excluding hydrogens is 585 g/mol. The van der Waals surface area contributed by atoms with Crippen molar-refractivity contribution in [3.63, 3.8) is 0 Å². The highest BCUT2D eigenvalue weighted by atomic mass is 16.3.